The molecule has 0 aliphatic heterocycles. The third-order valence-electron chi connectivity index (χ3n) is 12.7. The number of hydrogen-bond donors (Lipinski definition) is 6. The first-order chi connectivity index (χ1) is 47.4. The van der Waals surface area contributed by atoms with Crippen molar-refractivity contribution >= 4 is 116 Å². The van der Waals surface area contributed by atoms with Gasteiger partial charge in [0.25, 0.3) is 0 Å². The number of carbonyl (C=O) groups excluding carboxylic acids is 5. The Morgan fingerprint density at radius 3 is 0.909 bits per heavy atom. The number of aryl methyl sites for hydroxylation is 6. The van der Waals surface area contributed by atoms with Gasteiger partial charge < -0.3 is 51.2 Å². The van der Waals surface area contributed by atoms with Crippen molar-refractivity contribution in [2.24, 2.45) is 5.73 Å². The summed E-state index contributed by atoms with van der Waals surface area (Å²) >= 11 is 9.57. The number of thiazole rings is 6. The Morgan fingerprint density at radius 2 is 0.667 bits per heavy atom. The summed E-state index contributed by atoms with van der Waals surface area (Å²) < 4.78 is 14.7. The molecule has 0 saturated heterocycles. The summed E-state index contributed by atoms with van der Waals surface area (Å²) in [5.41, 5.74) is 18.9. The fourth-order valence-electron chi connectivity index (χ4n) is 7.93. The normalized spacial score (nSPS) is 10.1. The molecule has 99 heavy (non-hydrogen) atoms. The van der Waals surface area contributed by atoms with E-state index >= 15 is 0 Å². The predicted molar refractivity (Wildman–Crippen MR) is 398 cm³/mol. The molecule has 12 rings (SSSR count). The van der Waals surface area contributed by atoms with Crippen LogP contribution in [0.3, 0.4) is 0 Å². The van der Waals surface area contributed by atoms with Crippen molar-refractivity contribution in [2.75, 3.05) is 38.8 Å². The molecule has 6 aromatic carbocycles. The molecule has 0 unspecified atom stereocenters. The zero-order valence-electron chi connectivity index (χ0n) is 55.6. The maximum atomic E-state index is 11.5. The maximum absolute atomic E-state index is 11.5. The number of ether oxygens (including phenoxy) is 3. The number of nitrogens with one attached hydrogen (secondary N) is 4. The van der Waals surface area contributed by atoms with Gasteiger partial charge in [0, 0.05) is 146 Å². The number of anilines is 2. The molecule has 0 fully saturated rings. The minimum absolute atomic E-state index is 0.132. The van der Waals surface area contributed by atoms with Crippen molar-refractivity contribution in [3.05, 3.63) is 218 Å². The number of benzene rings is 6. The second-order valence-corrected chi connectivity index (χ2v) is 26.2. The molecule has 6 heterocycles. The lowest BCUT2D eigenvalue weighted by atomic mass is 10.1. The average molecular weight is 1440 g/mol. The van der Waals surface area contributed by atoms with Crippen molar-refractivity contribution in [3.63, 3.8) is 0 Å². The number of rotatable bonds is 12. The van der Waals surface area contributed by atoms with Crippen LogP contribution in [0.2, 0.25) is 0 Å². The summed E-state index contributed by atoms with van der Waals surface area (Å²) in [6.45, 7) is 13.2. The molecular weight excluding hydrogens is 1370 g/mol. The van der Waals surface area contributed by atoms with Crippen LogP contribution in [-0.2, 0) is 4.79 Å². The van der Waals surface area contributed by atoms with Crippen LogP contribution in [0.5, 0.6) is 17.2 Å². The standard InChI is InChI=1S/C13H15N3OS.C12H13N3OS.C12H12N2O2S.C12H11NO2S.C11H10N2O2S.C11H9NO2S/c1-9-8-18-12(14-9)10-4-6-11(7-5-10)15-13(17)16(2)3;1-8-7-17-11(14-8)9-3-5-10(6-4-9)15-12(16)13-2;1-8-7-17-11(14-8)9-3-5-10(6-4-9)16-12(15)13-2;1-8-7-16-12(13-8)10-3-5-11(6-4-10)15-9(2)14;1-7-6-16-10(13-7)8-2-4-9(5-3-8)15-11(12)14;1-7-6-15-10(12-7)8-2-4-9(5-3-8)11(13)14/h4-8H,1-3H3,(H,15,17);3-7H,1-2H3,(H2,13,15,16);3-7H,1-2H3,(H,13,15);3-7H,1-2H3;2-6H,1H3,(H2,12,14);2-6H,1H3,(H,13,14). The summed E-state index contributed by atoms with van der Waals surface area (Å²) in [5.74, 6) is 0.296. The number of esters is 1. The van der Waals surface area contributed by atoms with Crippen molar-refractivity contribution in [1.82, 2.24) is 45.4 Å². The summed E-state index contributed by atoms with van der Waals surface area (Å²) in [7, 11) is 6.53. The topological polar surface area (TPSA) is 305 Å². The highest BCUT2D eigenvalue weighted by Gasteiger charge is 2.11. The van der Waals surface area contributed by atoms with Crippen molar-refractivity contribution in [1.29, 1.82) is 0 Å². The van der Waals surface area contributed by atoms with Crippen LogP contribution < -0.4 is 41.2 Å². The van der Waals surface area contributed by atoms with Gasteiger partial charge in [-0.05, 0) is 175 Å². The van der Waals surface area contributed by atoms with Crippen LogP contribution in [0.25, 0.3) is 63.4 Å². The van der Waals surface area contributed by atoms with Gasteiger partial charge in [-0.1, -0.05) is 12.1 Å². The lowest BCUT2D eigenvalue weighted by Gasteiger charge is -2.11. The third kappa shape index (κ3) is 24.9. The molecule has 0 aliphatic rings. The van der Waals surface area contributed by atoms with Crippen molar-refractivity contribution in [2.45, 2.75) is 48.5 Å². The van der Waals surface area contributed by atoms with E-state index in [9.17, 15) is 28.8 Å². The van der Waals surface area contributed by atoms with Crippen molar-refractivity contribution < 1.29 is 48.1 Å². The Balaban J connectivity index is 0.000000167. The zero-order chi connectivity index (χ0) is 71.5. The molecule has 0 spiro atoms. The van der Waals surface area contributed by atoms with E-state index in [0.717, 1.165) is 109 Å². The summed E-state index contributed by atoms with van der Waals surface area (Å²) in [6, 6.07) is 43.4. The van der Waals surface area contributed by atoms with E-state index in [1.165, 1.54) is 18.9 Å². The minimum atomic E-state index is -0.906. The van der Waals surface area contributed by atoms with Gasteiger partial charge >= 0.3 is 36.2 Å². The highest BCUT2D eigenvalue weighted by molar-refractivity contribution is 7.14. The van der Waals surface area contributed by atoms with Crippen LogP contribution in [0.1, 0.15) is 51.4 Å². The predicted octanol–water partition coefficient (Wildman–Crippen LogP) is 17.4. The number of aromatic carboxylic acids is 1. The van der Waals surface area contributed by atoms with Gasteiger partial charge in [-0.2, -0.15) is 0 Å². The lowest BCUT2D eigenvalue weighted by Crippen LogP contribution is -2.27. The number of carbonyl (C=O) groups is 6. The number of carboxylic acid groups (broad SMARTS) is 1. The van der Waals surface area contributed by atoms with Crippen LogP contribution in [0.4, 0.5) is 30.6 Å². The van der Waals surface area contributed by atoms with E-state index in [-0.39, 0.29) is 18.0 Å². The third-order valence-corrected chi connectivity index (χ3v) is 18.8. The molecular formula is C71H70N12O10S6. The molecule has 6 amide bonds. The first-order valence-corrected chi connectivity index (χ1v) is 35.1. The van der Waals surface area contributed by atoms with E-state index in [2.05, 4.69) is 51.2 Å². The Kier molecular flexibility index (Phi) is 28.7. The minimum Gasteiger partial charge on any atom is -0.478 e. The van der Waals surface area contributed by atoms with Gasteiger partial charge in [0.2, 0.25) is 0 Å². The van der Waals surface area contributed by atoms with Gasteiger partial charge in [-0.3, -0.25) is 4.79 Å². The van der Waals surface area contributed by atoms with Crippen LogP contribution >= 0.6 is 68.0 Å². The van der Waals surface area contributed by atoms with Crippen LogP contribution in [0.15, 0.2) is 178 Å². The number of aromatic nitrogens is 6. The van der Waals surface area contributed by atoms with Crippen molar-refractivity contribution in [3.8, 4) is 80.7 Å². The number of nitrogens with zero attached hydrogens (tertiary/aromatic N) is 7. The van der Waals surface area contributed by atoms with E-state index in [1.807, 2.05) is 159 Å². The maximum Gasteiger partial charge on any atom is 0.412 e. The van der Waals surface area contributed by atoms with Crippen LogP contribution in [0, 0.1) is 41.5 Å². The molecule has 28 heteroatoms. The molecule has 12 aromatic rings. The SMILES string of the molecule is CC(=O)Oc1ccc(-c2nc(C)cs2)cc1.CNC(=O)Nc1ccc(-c2nc(C)cs2)cc1.CNC(=O)Oc1ccc(-c2nc(C)cs2)cc1.Cc1csc(-c2ccc(C(=O)O)cc2)n1.Cc1csc(-c2ccc(NC(=O)N(C)C)cc2)n1.Cc1csc(-c2ccc(OC(N)=O)cc2)n1. The molecule has 6 aromatic heterocycles. The molecule has 0 aliphatic carbocycles. The smallest absolute Gasteiger partial charge is 0.412 e. The van der Waals surface area contributed by atoms with Crippen LogP contribution in [-0.4, -0.2) is 104 Å². The molecule has 22 nitrogen and oxygen atoms in total. The number of hydrogen-bond acceptors (Lipinski definition) is 21. The molecule has 0 saturated carbocycles. The first kappa shape index (κ1) is 75.5. The monoisotopic (exact) mass is 1440 g/mol. The Labute approximate surface area is 596 Å². The second-order valence-electron chi connectivity index (χ2n) is 21.1. The number of carboxylic acids is 1. The van der Waals surface area contributed by atoms with E-state index in [4.69, 9.17) is 25.1 Å². The Bertz CT molecular complexity index is 4390. The largest absolute Gasteiger partial charge is 0.478 e. The van der Waals surface area contributed by atoms with E-state index in [1.54, 1.807) is 150 Å². The summed E-state index contributed by atoms with van der Waals surface area (Å²) in [4.78, 5) is 93.3. The molecule has 7 N–H and O–H groups in total. The Hall–Kier alpha value is -10.9. The Morgan fingerprint density at radius 1 is 0.394 bits per heavy atom. The molecule has 0 radical (unpaired) electrons. The average Bonchev–Trinajstić information content (AvgIpc) is 1.87. The summed E-state index contributed by atoms with van der Waals surface area (Å²) in [5, 5.41) is 37.0. The zero-order valence-corrected chi connectivity index (χ0v) is 60.5. The van der Waals surface area contributed by atoms with Gasteiger partial charge in [0.1, 0.15) is 47.3 Å². The quantitative estimate of drug-likeness (QED) is 0.0489. The van der Waals surface area contributed by atoms with Gasteiger partial charge in [-0.25, -0.2) is 53.9 Å². The van der Waals surface area contributed by atoms with Gasteiger partial charge in [0.15, 0.2) is 0 Å². The number of urea groups is 2. The first-order valence-electron chi connectivity index (χ1n) is 29.8. The highest BCUT2D eigenvalue weighted by atomic mass is 32.1. The van der Waals surface area contributed by atoms with E-state index < -0.39 is 18.2 Å². The fraction of sp³-hybridized carbons (Fsp3) is 0.155. The number of nitrogens with two attached hydrogens (primary N) is 1. The van der Waals surface area contributed by atoms with Gasteiger partial charge in [-0.15, -0.1) is 68.0 Å². The molecule has 0 bridgehead atoms. The second kappa shape index (κ2) is 37.6. The molecule has 510 valence electrons. The number of amides is 6. The molecule has 0 atom stereocenters. The van der Waals surface area contributed by atoms with Gasteiger partial charge in [0.05, 0.1) is 5.56 Å². The van der Waals surface area contributed by atoms with E-state index in [0.29, 0.717) is 22.8 Å². The fourth-order valence-corrected chi connectivity index (χ4v) is 12.8. The lowest BCUT2D eigenvalue weighted by molar-refractivity contribution is -0.131. The summed E-state index contributed by atoms with van der Waals surface area (Å²) in [6.07, 6.45) is -1.28. The number of primary amides is 1. The highest BCUT2D eigenvalue weighted by Crippen LogP contribution is 2.31.